The first-order chi connectivity index (χ1) is 8.17. The third-order valence-corrected chi connectivity index (χ3v) is 2.40. The van der Waals surface area contributed by atoms with Gasteiger partial charge in [-0.3, -0.25) is 0 Å². The fourth-order valence-electron chi connectivity index (χ4n) is 1.25. The van der Waals surface area contributed by atoms with Crippen molar-refractivity contribution in [3.8, 4) is 6.07 Å². The van der Waals surface area contributed by atoms with Crippen LogP contribution in [0.1, 0.15) is 5.56 Å². The Hall–Kier alpha value is -1.90. The number of hydrogen-bond acceptors (Lipinski definition) is 4. The van der Waals surface area contributed by atoms with E-state index in [0.717, 1.165) is 5.69 Å². The molecule has 2 rings (SSSR count). The Morgan fingerprint density at radius 3 is 2.65 bits per heavy atom. The molecule has 2 N–H and O–H groups in total. The zero-order valence-corrected chi connectivity index (χ0v) is 10.1. The molecule has 1 aromatic heterocycles. The highest BCUT2D eigenvalue weighted by atomic mass is 35.5. The van der Waals surface area contributed by atoms with E-state index in [1.165, 1.54) is 0 Å². The van der Waals surface area contributed by atoms with Gasteiger partial charge in [-0.05, 0) is 24.3 Å². The lowest BCUT2D eigenvalue weighted by Crippen LogP contribution is -1.97. The van der Waals surface area contributed by atoms with E-state index in [4.69, 9.17) is 29.1 Å². The molecule has 17 heavy (non-hydrogen) atoms. The molecule has 0 aliphatic heterocycles. The zero-order valence-electron chi connectivity index (χ0n) is 8.57. The van der Waals surface area contributed by atoms with Crippen molar-refractivity contribution in [2.45, 2.75) is 0 Å². The van der Waals surface area contributed by atoms with E-state index < -0.39 is 0 Å². The van der Waals surface area contributed by atoms with Gasteiger partial charge in [-0.1, -0.05) is 23.8 Å². The molecule has 84 valence electrons. The van der Waals surface area contributed by atoms with Crippen molar-refractivity contribution in [1.82, 2.24) is 9.97 Å². The zero-order chi connectivity index (χ0) is 12.3. The van der Waals surface area contributed by atoms with Crippen LogP contribution >= 0.6 is 23.8 Å². The van der Waals surface area contributed by atoms with Crippen LogP contribution in [-0.4, -0.2) is 9.97 Å². The second-order valence-electron chi connectivity index (χ2n) is 3.23. The quantitative estimate of drug-likeness (QED) is 0.643. The fraction of sp³-hybridized carbons (Fsp3) is 0. The van der Waals surface area contributed by atoms with Crippen LogP contribution in [0.4, 0.5) is 11.6 Å². The minimum atomic E-state index is 0.407. The van der Waals surface area contributed by atoms with E-state index in [0.29, 0.717) is 21.3 Å². The first kappa shape index (κ1) is 11.6. The second kappa shape index (κ2) is 4.95. The number of nitriles is 1. The van der Waals surface area contributed by atoms with Gasteiger partial charge in [0.2, 0.25) is 5.95 Å². The van der Waals surface area contributed by atoms with Crippen LogP contribution in [-0.2, 0) is 0 Å². The highest BCUT2D eigenvalue weighted by Crippen LogP contribution is 2.15. The van der Waals surface area contributed by atoms with Gasteiger partial charge in [-0.2, -0.15) is 5.26 Å². The lowest BCUT2D eigenvalue weighted by molar-refractivity contribution is 1.15. The predicted molar refractivity (Wildman–Crippen MR) is 68.9 cm³/mol. The van der Waals surface area contributed by atoms with Crippen LogP contribution in [0.25, 0.3) is 0 Å². The summed E-state index contributed by atoms with van der Waals surface area (Å²) in [6.07, 6.45) is 0. The summed E-state index contributed by atoms with van der Waals surface area (Å²) in [6, 6.07) is 10.6. The third kappa shape index (κ3) is 3.03. The number of nitrogens with zero attached hydrogens (tertiary/aromatic N) is 2. The van der Waals surface area contributed by atoms with E-state index in [-0.39, 0.29) is 0 Å². The molecule has 6 heteroatoms. The molecule has 4 nitrogen and oxygen atoms in total. The number of halogens is 1. The van der Waals surface area contributed by atoms with Gasteiger partial charge >= 0.3 is 0 Å². The van der Waals surface area contributed by atoms with Crippen LogP contribution in [0.15, 0.2) is 30.3 Å². The Labute approximate surface area is 108 Å². The van der Waals surface area contributed by atoms with Gasteiger partial charge in [0.15, 0.2) is 0 Å². The average molecular weight is 263 g/mol. The van der Waals surface area contributed by atoms with Gasteiger partial charge < -0.3 is 10.3 Å². The van der Waals surface area contributed by atoms with Gasteiger partial charge in [0.05, 0.1) is 11.6 Å². The normalized spacial score (nSPS) is 9.65. The highest BCUT2D eigenvalue weighted by Gasteiger charge is 1.98. The molecule has 0 radical (unpaired) electrons. The fourth-order valence-corrected chi connectivity index (χ4v) is 1.72. The van der Waals surface area contributed by atoms with Crippen molar-refractivity contribution >= 4 is 35.5 Å². The number of anilines is 2. The molecular formula is C11H7ClN4S. The van der Waals surface area contributed by atoms with E-state index in [1.807, 2.05) is 6.07 Å². The number of H-pyrrole nitrogens is 1. The standard InChI is InChI=1S/C11H7ClN4S/c12-9-5-10(17)16-11(15-9)14-8-3-1-7(6-13)2-4-8/h1-5H,(H2,14,15,16,17). The lowest BCUT2D eigenvalue weighted by atomic mass is 10.2. The van der Waals surface area contributed by atoms with Crippen LogP contribution in [0.2, 0.25) is 5.15 Å². The number of nitrogens with one attached hydrogen (secondary N) is 2. The molecule has 2 aromatic rings. The maximum absolute atomic E-state index is 8.67. The molecule has 0 amide bonds. The minimum Gasteiger partial charge on any atom is -0.326 e. The average Bonchev–Trinajstić information content (AvgIpc) is 2.28. The van der Waals surface area contributed by atoms with Crippen LogP contribution in [0.5, 0.6) is 0 Å². The van der Waals surface area contributed by atoms with E-state index >= 15 is 0 Å². The number of benzene rings is 1. The van der Waals surface area contributed by atoms with E-state index in [2.05, 4.69) is 15.3 Å². The molecule has 1 aromatic carbocycles. The molecule has 0 saturated heterocycles. The smallest absolute Gasteiger partial charge is 0.207 e. The van der Waals surface area contributed by atoms with Crippen molar-refractivity contribution in [2.75, 3.05) is 5.32 Å². The molecule has 0 bridgehead atoms. The SMILES string of the molecule is N#Cc1ccc(Nc2nc(=S)cc(Cl)[nH]2)cc1. The third-order valence-electron chi connectivity index (χ3n) is 1.99. The second-order valence-corrected chi connectivity index (χ2v) is 4.06. The topological polar surface area (TPSA) is 64.5 Å². The summed E-state index contributed by atoms with van der Waals surface area (Å²) in [4.78, 5) is 6.91. The largest absolute Gasteiger partial charge is 0.326 e. The number of rotatable bonds is 2. The van der Waals surface area contributed by atoms with Crippen LogP contribution in [0, 0.1) is 16.0 Å². The van der Waals surface area contributed by atoms with Crippen molar-refractivity contribution in [3.05, 3.63) is 45.7 Å². The van der Waals surface area contributed by atoms with Gasteiger partial charge in [-0.25, -0.2) is 4.98 Å². The molecule has 0 spiro atoms. The maximum Gasteiger partial charge on any atom is 0.207 e. The van der Waals surface area contributed by atoms with Gasteiger partial charge in [0.25, 0.3) is 0 Å². The predicted octanol–water partition coefficient (Wildman–Crippen LogP) is 3.41. The van der Waals surface area contributed by atoms with E-state index in [1.54, 1.807) is 30.3 Å². The molecule has 0 unspecified atom stereocenters. The lowest BCUT2D eigenvalue weighted by Gasteiger charge is -2.05. The summed E-state index contributed by atoms with van der Waals surface area (Å²) < 4.78 is 0.407. The summed E-state index contributed by atoms with van der Waals surface area (Å²) in [5, 5.41) is 12.1. The highest BCUT2D eigenvalue weighted by molar-refractivity contribution is 7.71. The Kier molecular flexibility index (Phi) is 3.38. The summed E-state index contributed by atoms with van der Waals surface area (Å²) in [6.45, 7) is 0. The summed E-state index contributed by atoms with van der Waals surface area (Å²) >= 11 is 10.8. The van der Waals surface area contributed by atoms with Crippen molar-refractivity contribution in [2.24, 2.45) is 0 Å². The monoisotopic (exact) mass is 262 g/mol. The summed E-state index contributed by atoms with van der Waals surface area (Å²) in [5.41, 5.74) is 1.40. The van der Waals surface area contributed by atoms with Crippen molar-refractivity contribution in [3.63, 3.8) is 0 Å². The Morgan fingerprint density at radius 1 is 1.35 bits per heavy atom. The van der Waals surface area contributed by atoms with Crippen molar-refractivity contribution < 1.29 is 0 Å². The Morgan fingerprint density at radius 2 is 2.06 bits per heavy atom. The molecule has 0 aliphatic rings. The molecule has 0 aliphatic carbocycles. The molecular weight excluding hydrogens is 256 g/mol. The summed E-state index contributed by atoms with van der Waals surface area (Å²) in [5.74, 6) is 0.465. The number of hydrogen-bond donors (Lipinski definition) is 2. The molecule has 0 atom stereocenters. The minimum absolute atomic E-state index is 0.407. The van der Waals surface area contributed by atoms with Gasteiger partial charge in [0, 0.05) is 11.8 Å². The first-order valence-electron chi connectivity index (χ1n) is 4.71. The van der Waals surface area contributed by atoms with E-state index in [9.17, 15) is 0 Å². The van der Waals surface area contributed by atoms with Gasteiger partial charge in [0.1, 0.15) is 9.79 Å². The summed E-state index contributed by atoms with van der Waals surface area (Å²) in [7, 11) is 0. The molecule has 1 heterocycles. The van der Waals surface area contributed by atoms with Crippen LogP contribution < -0.4 is 5.32 Å². The van der Waals surface area contributed by atoms with Gasteiger partial charge in [-0.15, -0.1) is 0 Å². The number of aromatic amines is 1. The van der Waals surface area contributed by atoms with Crippen LogP contribution in [0.3, 0.4) is 0 Å². The Bertz CT molecular complexity index is 627. The number of aromatic nitrogens is 2. The molecule has 0 fully saturated rings. The maximum atomic E-state index is 8.67. The van der Waals surface area contributed by atoms with Crippen molar-refractivity contribution in [1.29, 1.82) is 5.26 Å². The first-order valence-corrected chi connectivity index (χ1v) is 5.50. The molecule has 0 saturated carbocycles. The Balaban J connectivity index is 2.25.